The third-order valence-corrected chi connectivity index (χ3v) is 2.49. The average molecular weight is 243 g/mol. The van der Waals surface area contributed by atoms with E-state index in [1.54, 1.807) is 24.5 Å². The normalized spacial score (nSPS) is 10.1. The Kier molecular flexibility index (Phi) is 3.14. The van der Waals surface area contributed by atoms with Crippen LogP contribution in [0, 0.1) is 6.92 Å². The predicted molar refractivity (Wildman–Crippen MR) is 70.1 cm³/mol. The molecule has 0 saturated heterocycles. The summed E-state index contributed by atoms with van der Waals surface area (Å²) in [6.07, 6.45) is 3.39. The fourth-order valence-corrected chi connectivity index (χ4v) is 1.64. The van der Waals surface area contributed by atoms with E-state index < -0.39 is 5.97 Å². The molecule has 1 heterocycles. The predicted octanol–water partition coefficient (Wildman–Crippen LogP) is 2.41. The van der Waals surface area contributed by atoms with Crippen LogP contribution in [0.4, 0.5) is 17.1 Å². The second kappa shape index (κ2) is 4.75. The maximum atomic E-state index is 11.0. The maximum absolute atomic E-state index is 11.0. The quantitative estimate of drug-likeness (QED) is 0.720. The van der Waals surface area contributed by atoms with Crippen LogP contribution in [0.5, 0.6) is 0 Å². The summed E-state index contributed by atoms with van der Waals surface area (Å²) in [5.74, 6) is -1.04. The molecule has 18 heavy (non-hydrogen) atoms. The molecule has 4 N–H and O–H groups in total. The van der Waals surface area contributed by atoms with Gasteiger partial charge in [0, 0.05) is 6.20 Å². The summed E-state index contributed by atoms with van der Waals surface area (Å²) < 4.78 is 0. The van der Waals surface area contributed by atoms with Crippen LogP contribution >= 0.6 is 0 Å². The van der Waals surface area contributed by atoms with E-state index in [-0.39, 0.29) is 11.3 Å². The van der Waals surface area contributed by atoms with E-state index in [1.807, 2.05) is 13.0 Å². The Morgan fingerprint density at radius 3 is 2.83 bits per heavy atom. The van der Waals surface area contributed by atoms with Crippen molar-refractivity contribution < 1.29 is 9.90 Å². The number of para-hydroxylation sites is 1. The fourth-order valence-electron chi connectivity index (χ4n) is 1.64. The van der Waals surface area contributed by atoms with Crippen LogP contribution in [0.2, 0.25) is 0 Å². The van der Waals surface area contributed by atoms with Crippen molar-refractivity contribution in [3.8, 4) is 0 Å². The van der Waals surface area contributed by atoms with Crippen LogP contribution in [0.3, 0.4) is 0 Å². The van der Waals surface area contributed by atoms with E-state index in [0.29, 0.717) is 5.69 Å². The minimum Gasteiger partial charge on any atom is -0.478 e. The van der Waals surface area contributed by atoms with Crippen LogP contribution < -0.4 is 11.1 Å². The molecule has 92 valence electrons. The van der Waals surface area contributed by atoms with Gasteiger partial charge in [0.15, 0.2) is 0 Å². The van der Waals surface area contributed by atoms with Crippen LogP contribution in [0.15, 0.2) is 36.7 Å². The number of anilines is 3. The first-order chi connectivity index (χ1) is 8.58. The monoisotopic (exact) mass is 243 g/mol. The minimum absolute atomic E-state index is 0.0839. The molecule has 0 radical (unpaired) electrons. The van der Waals surface area contributed by atoms with Crippen molar-refractivity contribution in [1.29, 1.82) is 0 Å². The van der Waals surface area contributed by atoms with Crippen molar-refractivity contribution >= 4 is 23.0 Å². The Balaban J connectivity index is 2.35. The van der Waals surface area contributed by atoms with Gasteiger partial charge in [-0.25, -0.2) is 4.79 Å². The number of carbonyl (C=O) groups is 1. The molecule has 5 heteroatoms. The van der Waals surface area contributed by atoms with Crippen molar-refractivity contribution in [2.75, 3.05) is 11.1 Å². The molecule has 1 aromatic heterocycles. The topological polar surface area (TPSA) is 88.2 Å². The Bertz CT molecular complexity index is 597. The van der Waals surface area contributed by atoms with Gasteiger partial charge >= 0.3 is 5.97 Å². The first-order valence-corrected chi connectivity index (χ1v) is 5.38. The summed E-state index contributed by atoms with van der Waals surface area (Å²) >= 11 is 0. The molecular weight excluding hydrogens is 230 g/mol. The lowest BCUT2D eigenvalue weighted by Gasteiger charge is -2.11. The SMILES string of the molecule is Cc1cncc(Nc2cccc(C(=O)O)c2N)c1. The molecule has 1 aromatic carbocycles. The van der Waals surface area contributed by atoms with E-state index in [1.165, 1.54) is 6.07 Å². The standard InChI is InChI=1S/C13H13N3O2/c1-8-5-9(7-15-6-8)16-11-4-2-3-10(12(11)14)13(17)18/h2-7,16H,14H2,1H3,(H,17,18). The maximum Gasteiger partial charge on any atom is 0.337 e. The lowest BCUT2D eigenvalue weighted by molar-refractivity contribution is 0.0698. The number of hydrogen-bond acceptors (Lipinski definition) is 4. The largest absolute Gasteiger partial charge is 0.478 e. The van der Waals surface area contributed by atoms with Gasteiger partial charge < -0.3 is 16.2 Å². The number of hydrogen-bond donors (Lipinski definition) is 3. The first kappa shape index (κ1) is 11.9. The van der Waals surface area contributed by atoms with Gasteiger partial charge in [-0.15, -0.1) is 0 Å². The molecule has 0 unspecified atom stereocenters. The molecular formula is C13H13N3O2. The molecule has 2 aromatic rings. The van der Waals surface area contributed by atoms with Crippen molar-refractivity contribution in [2.45, 2.75) is 6.92 Å². The summed E-state index contributed by atoms with van der Waals surface area (Å²) in [4.78, 5) is 15.0. The number of carboxylic acid groups (broad SMARTS) is 1. The van der Waals surface area contributed by atoms with Crippen molar-refractivity contribution in [3.05, 3.63) is 47.8 Å². The van der Waals surface area contributed by atoms with Gasteiger partial charge in [-0.1, -0.05) is 6.07 Å². The summed E-state index contributed by atoms with van der Waals surface area (Å²) in [5, 5.41) is 12.0. The smallest absolute Gasteiger partial charge is 0.337 e. The zero-order valence-corrected chi connectivity index (χ0v) is 9.84. The number of rotatable bonds is 3. The highest BCUT2D eigenvalue weighted by Gasteiger charge is 2.10. The van der Waals surface area contributed by atoms with Crippen molar-refractivity contribution in [1.82, 2.24) is 4.98 Å². The number of benzene rings is 1. The number of aromatic carboxylic acids is 1. The number of nitrogen functional groups attached to an aromatic ring is 1. The molecule has 0 atom stereocenters. The molecule has 0 saturated carbocycles. The molecule has 0 bridgehead atoms. The van der Waals surface area contributed by atoms with Gasteiger partial charge in [-0.3, -0.25) is 4.98 Å². The van der Waals surface area contributed by atoms with E-state index in [2.05, 4.69) is 10.3 Å². The van der Waals surface area contributed by atoms with E-state index in [9.17, 15) is 4.79 Å². The fraction of sp³-hybridized carbons (Fsp3) is 0.0769. The molecule has 0 spiro atoms. The van der Waals surface area contributed by atoms with Gasteiger partial charge in [-0.2, -0.15) is 0 Å². The van der Waals surface area contributed by atoms with Gasteiger partial charge in [0.05, 0.1) is 28.8 Å². The van der Waals surface area contributed by atoms with Crippen molar-refractivity contribution in [2.24, 2.45) is 0 Å². The number of pyridine rings is 1. The Morgan fingerprint density at radius 1 is 1.39 bits per heavy atom. The number of nitrogens with one attached hydrogen (secondary N) is 1. The first-order valence-electron chi connectivity index (χ1n) is 5.38. The second-order valence-corrected chi connectivity index (χ2v) is 3.95. The number of nitrogens with zero attached hydrogens (tertiary/aromatic N) is 1. The van der Waals surface area contributed by atoms with Crippen LogP contribution in [-0.2, 0) is 0 Å². The highest BCUT2D eigenvalue weighted by molar-refractivity contribution is 5.97. The third kappa shape index (κ3) is 2.40. The molecule has 0 fully saturated rings. The highest BCUT2D eigenvalue weighted by Crippen LogP contribution is 2.26. The highest BCUT2D eigenvalue weighted by atomic mass is 16.4. The zero-order chi connectivity index (χ0) is 13.1. The van der Waals surface area contributed by atoms with Gasteiger partial charge in [-0.05, 0) is 30.7 Å². The Hall–Kier alpha value is -2.56. The third-order valence-electron chi connectivity index (χ3n) is 2.49. The molecule has 0 aliphatic rings. The Morgan fingerprint density at radius 2 is 2.17 bits per heavy atom. The Labute approximate surface area is 104 Å². The number of aromatic nitrogens is 1. The molecule has 2 rings (SSSR count). The molecule has 0 aliphatic heterocycles. The van der Waals surface area contributed by atoms with Gasteiger partial charge in [0.25, 0.3) is 0 Å². The molecule has 5 nitrogen and oxygen atoms in total. The van der Waals surface area contributed by atoms with Crippen molar-refractivity contribution in [3.63, 3.8) is 0 Å². The number of carboxylic acids is 1. The summed E-state index contributed by atoms with van der Waals surface area (Å²) in [6.45, 7) is 1.93. The summed E-state index contributed by atoms with van der Waals surface area (Å²) in [6, 6.07) is 6.74. The lowest BCUT2D eigenvalue weighted by Crippen LogP contribution is -2.05. The summed E-state index contributed by atoms with van der Waals surface area (Å²) in [5.41, 5.74) is 8.44. The van der Waals surface area contributed by atoms with Crippen LogP contribution in [-0.4, -0.2) is 16.1 Å². The molecule has 0 amide bonds. The minimum atomic E-state index is -1.04. The average Bonchev–Trinajstić information content (AvgIpc) is 2.31. The zero-order valence-electron chi connectivity index (χ0n) is 9.84. The van der Waals surface area contributed by atoms with Crippen LogP contribution in [0.25, 0.3) is 0 Å². The van der Waals surface area contributed by atoms with Gasteiger partial charge in [0.1, 0.15) is 0 Å². The van der Waals surface area contributed by atoms with E-state index >= 15 is 0 Å². The molecule has 0 aliphatic carbocycles. The van der Waals surface area contributed by atoms with Crippen LogP contribution in [0.1, 0.15) is 15.9 Å². The lowest BCUT2D eigenvalue weighted by atomic mass is 10.1. The van der Waals surface area contributed by atoms with Gasteiger partial charge in [0.2, 0.25) is 0 Å². The van der Waals surface area contributed by atoms with E-state index in [0.717, 1.165) is 11.3 Å². The summed E-state index contributed by atoms with van der Waals surface area (Å²) in [7, 11) is 0. The second-order valence-electron chi connectivity index (χ2n) is 3.95. The number of nitrogens with two attached hydrogens (primary N) is 1. The van der Waals surface area contributed by atoms with E-state index in [4.69, 9.17) is 10.8 Å². The number of aryl methyl sites for hydroxylation is 1.